The molecule has 2 fully saturated rings. The molecule has 2 aliphatic rings. The largest absolute Gasteiger partial charge is 0.379 e. The highest BCUT2D eigenvalue weighted by atomic mass is 16.5. The van der Waals surface area contributed by atoms with E-state index in [1.165, 1.54) is 49.9 Å². The van der Waals surface area contributed by atoms with Gasteiger partial charge < -0.3 is 15.4 Å². The lowest BCUT2D eigenvalue weighted by Gasteiger charge is -2.26. The van der Waals surface area contributed by atoms with Crippen LogP contribution in [0.2, 0.25) is 0 Å². The molecule has 2 N–H and O–H groups in total. The first-order valence-corrected chi connectivity index (χ1v) is 12.0. The molecule has 0 saturated carbocycles. The van der Waals surface area contributed by atoms with Gasteiger partial charge in [0.05, 0.1) is 19.8 Å². The number of hydrogen-bond donors (Lipinski definition) is 2. The first-order chi connectivity index (χ1) is 14.8. The van der Waals surface area contributed by atoms with E-state index in [2.05, 4.69) is 51.6 Å². The molecule has 0 atom stereocenters. The number of nitrogens with zero attached hydrogens (tertiary/aromatic N) is 3. The number of nitrogens with one attached hydrogen (secondary N) is 2. The molecule has 3 rings (SSSR count). The predicted octanol–water partition coefficient (Wildman–Crippen LogP) is 2.84. The van der Waals surface area contributed by atoms with Gasteiger partial charge in [-0.3, -0.25) is 9.80 Å². The van der Waals surface area contributed by atoms with Crippen molar-refractivity contribution in [1.82, 2.24) is 20.4 Å². The number of ether oxygens (including phenoxy) is 1. The predicted molar refractivity (Wildman–Crippen MR) is 125 cm³/mol. The van der Waals surface area contributed by atoms with Crippen molar-refractivity contribution >= 4 is 5.96 Å². The third-order valence-electron chi connectivity index (χ3n) is 6.01. The summed E-state index contributed by atoms with van der Waals surface area (Å²) in [6, 6.07) is 8.81. The molecule has 0 amide bonds. The van der Waals surface area contributed by atoms with Crippen LogP contribution in [0.25, 0.3) is 0 Å². The molecular weight excluding hydrogens is 374 g/mol. The highest BCUT2D eigenvalue weighted by Gasteiger charge is 2.12. The van der Waals surface area contributed by atoms with Gasteiger partial charge in [-0.1, -0.05) is 37.1 Å². The second-order valence-corrected chi connectivity index (χ2v) is 8.39. The minimum atomic E-state index is 0.725. The Morgan fingerprint density at radius 2 is 1.67 bits per heavy atom. The number of guanidine groups is 1. The van der Waals surface area contributed by atoms with Crippen LogP contribution in [0.4, 0.5) is 0 Å². The van der Waals surface area contributed by atoms with Gasteiger partial charge in [0, 0.05) is 32.7 Å². The Hall–Kier alpha value is -1.63. The molecular formula is C24H41N5O. The summed E-state index contributed by atoms with van der Waals surface area (Å²) in [5.74, 6) is 0.920. The molecule has 1 aromatic carbocycles. The second kappa shape index (κ2) is 13.6. The molecule has 0 radical (unpaired) electrons. The normalized spacial score (nSPS) is 19.4. The number of benzene rings is 1. The van der Waals surface area contributed by atoms with E-state index in [9.17, 15) is 0 Å². The van der Waals surface area contributed by atoms with Crippen LogP contribution in [0.3, 0.4) is 0 Å². The molecule has 168 valence electrons. The van der Waals surface area contributed by atoms with Crippen molar-refractivity contribution in [2.45, 2.75) is 52.1 Å². The molecule has 2 heterocycles. The van der Waals surface area contributed by atoms with Crippen LogP contribution < -0.4 is 10.6 Å². The summed E-state index contributed by atoms with van der Waals surface area (Å²) in [6.07, 6.45) is 6.55. The van der Waals surface area contributed by atoms with Crippen molar-refractivity contribution in [2.75, 3.05) is 59.0 Å². The van der Waals surface area contributed by atoms with Crippen molar-refractivity contribution < 1.29 is 4.74 Å². The number of aliphatic imine (C=N–C) groups is 1. The molecule has 0 bridgehead atoms. The van der Waals surface area contributed by atoms with E-state index in [1.54, 1.807) is 0 Å². The van der Waals surface area contributed by atoms with Crippen LogP contribution in [-0.4, -0.2) is 74.8 Å². The average molecular weight is 416 g/mol. The van der Waals surface area contributed by atoms with Crippen LogP contribution in [0, 0.1) is 0 Å². The van der Waals surface area contributed by atoms with E-state index in [4.69, 9.17) is 9.73 Å². The highest BCUT2D eigenvalue weighted by molar-refractivity contribution is 5.79. The summed E-state index contributed by atoms with van der Waals surface area (Å²) in [5.41, 5.74) is 2.76. The van der Waals surface area contributed by atoms with Crippen LogP contribution in [0.1, 0.15) is 50.2 Å². The minimum Gasteiger partial charge on any atom is -0.379 e. The number of hydrogen-bond acceptors (Lipinski definition) is 4. The summed E-state index contributed by atoms with van der Waals surface area (Å²) in [4.78, 5) is 9.98. The Morgan fingerprint density at radius 1 is 0.933 bits per heavy atom. The van der Waals surface area contributed by atoms with E-state index in [1.807, 2.05) is 0 Å². The second-order valence-electron chi connectivity index (χ2n) is 8.39. The molecule has 30 heavy (non-hydrogen) atoms. The Balaban J connectivity index is 1.49. The summed E-state index contributed by atoms with van der Waals surface area (Å²) in [6.45, 7) is 13.1. The van der Waals surface area contributed by atoms with Gasteiger partial charge in [-0.2, -0.15) is 0 Å². The summed E-state index contributed by atoms with van der Waals surface area (Å²) < 4.78 is 5.42. The third kappa shape index (κ3) is 8.25. The Labute approximate surface area is 183 Å². The van der Waals surface area contributed by atoms with E-state index in [0.717, 1.165) is 71.4 Å². The molecule has 6 heteroatoms. The lowest BCUT2D eigenvalue weighted by Crippen LogP contribution is -2.40. The topological polar surface area (TPSA) is 52.1 Å². The lowest BCUT2D eigenvalue weighted by molar-refractivity contribution is 0.0376. The van der Waals surface area contributed by atoms with Gasteiger partial charge >= 0.3 is 0 Å². The van der Waals surface area contributed by atoms with Gasteiger partial charge in [0.25, 0.3) is 0 Å². The standard InChI is InChI=1S/C24H41N5O/c1-2-25-24(26-12-9-15-28-16-18-30-19-17-28)27-20-22-10-5-6-11-23(22)21-29-13-7-3-4-8-14-29/h5-6,10-11H,2-4,7-9,12-21H2,1H3,(H2,25,26,27). The van der Waals surface area contributed by atoms with Crippen LogP contribution in [-0.2, 0) is 17.8 Å². The highest BCUT2D eigenvalue weighted by Crippen LogP contribution is 2.17. The van der Waals surface area contributed by atoms with Crippen LogP contribution in [0.5, 0.6) is 0 Å². The molecule has 2 aliphatic heterocycles. The van der Waals surface area contributed by atoms with Gasteiger partial charge in [0.2, 0.25) is 0 Å². The number of morpholine rings is 1. The molecule has 0 aliphatic carbocycles. The van der Waals surface area contributed by atoms with E-state index in [0.29, 0.717) is 0 Å². The molecule has 2 saturated heterocycles. The van der Waals surface area contributed by atoms with E-state index in [-0.39, 0.29) is 0 Å². The maximum absolute atomic E-state index is 5.42. The molecule has 0 unspecified atom stereocenters. The minimum absolute atomic E-state index is 0.725. The fraction of sp³-hybridized carbons (Fsp3) is 0.708. The average Bonchev–Trinajstić information content (AvgIpc) is 3.05. The fourth-order valence-electron chi connectivity index (χ4n) is 4.24. The van der Waals surface area contributed by atoms with Crippen molar-refractivity contribution in [3.63, 3.8) is 0 Å². The van der Waals surface area contributed by atoms with Crippen molar-refractivity contribution in [1.29, 1.82) is 0 Å². The smallest absolute Gasteiger partial charge is 0.191 e. The van der Waals surface area contributed by atoms with Gasteiger partial charge in [0.1, 0.15) is 0 Å². The van der Waals surface area contributed by atoms with E-state index < -0.39 is 0 Å². The molecule has 0 aromatic heterocycles. The Bertz CT molecular complexity index is 622. The Kier molecular flexibility index (Phi) is 10.5. The third-order valence-corrected chi connectivity index (χ3v) is 6.01. The monoisotopic (exact) mass is 415 g/mol. The first kappa shape index (κ1) is 23.0. The number of likely N-dealkylation sites (tertiary alicyclic amines) is 1. The maximum Gasteiger partial charge on any atom is 0.191 e. The van der Waals surface area contributed by atoms with E-state index >= 15 is 0 Å². The van der Waals surface area contributed by atoms with Gasteiger partial charge in [0.15, 0.2) is 5.96 Å². The maximum atomic E-state index is 5.42. The molecule has 1 aromatic rings. The zero-order chi connectivity index (χ0) is 20.9. The first-order valence-electron chi connectivity index (χ1n) is 12.0. The number of rotatable bonds is 9. The fourth-order valence-corrected chi connectivity index (χ4v) is 4.24. The Morgan fingerprint density at radius 3 is 2.40 bits per heavy atom. The summed E-state index contributed by atoms with van der Waals surface area (Å²) in [7, 11) is 0. The molecule has 0 spiro atoms. The summed E-state index contributed by atoms with van der Waals surface area (Å²) >= 11 is 0. The van der Waals surface area contributed by atoms with Crippen molar-refractivity contribution in [3.8, 4) is 0 Å². The summed E-state index contributed by atoms with van der Waals surface area (Å²) in [5, 5.41) is 6.91. The molecule has 6 nitrogen and oxygen atoms in total. The zero-order valence-electron chi connectivity index (χ0n) is 18.9. The van der Waals surface area contributed by atoms with Gasteiger partial charge in [-0.05, 0) is 56.9 Å². The van der Waals surface area contributed by atoms with Crippen molar-refractivity contribution in [2.24, 2.45) is 4.99 Å². The lowest BCUT2D eigenvalue weighted by atomic mass is 10.1. The SMILES string of the molecule is CCNC(=NCc1ccccc1CN1CCCCCC1)NCCCN1CCOCC1. The van der Waals surface area contributed by atoms with Crippen LogP contribution >= 0.6 is 0 Å². The van der Waals surface area contributed by atoms with Gasteiger partial charge in [-0.25, -0.2) is 4.99 Å². The van der Waals surface area contributed by atoms with Gasteiger partial charge in [-0.15, -0.1) is 0 Å². The van der Waals surface area contributed by atoms with Crippen LogP contribution in [0.15, 0.2) is 29.3 Å². The van der Waals surface area contributed by atoms with Crippen molar-refractivity contribution in [3.05, 3.63) is 35.4 Å². The zero-order valence-corrected chi connectivity index (χ0v) is 18.9. The quantitative estimate of drug-likeness (QED) is 0.369.